The van der Waals surface area contributed by atoms with Crippen LogP contribution in [0.3, 0.4) is 0 Å². The van der Waals surface area contributed by atoms with Crippen LogP contribution in [-0.4, -0.2) is 23.5 Å². The first-order valence-corrected chi connectivity index (χ1v) is 7.31. The van der Waals surface area contributed by atoms with Crippen LogP contribution in [0.15, 0.2) is 34.2 Å². The highest BCUT2D eigenvalue weighted by atomic mass is 35.5. The molecule has 1 heterocycles. The van der Waals surface area contributed by atoms with Gasteiger partial charge in [-0.25, -0.2) is 0 Å². The molecule has 1 N–H and O–H groups in total. The molecule has 0 aromatic heterocycles. The minimum atomic E-state index is -0.184. The fourth-order valence-electron chi connectivity index (χ4n) is 1.73. The van der Waals surface area contributed by atoms with Crippen molar-refractivity contribution in [1.82, 2.24) is 5.32 Å². The minimum absolute atomic E-state index is 0.0311. The highest BCUT2D eigenvalue weighted by Gasteiger charge is 2.24. The molecule has 0 spiro atoms. The topological polar surface area (TPSA) is 41.5 Å². The Labute approximate surface area is 116 Å². The molecule has 3 nitrogen and oxygen atoms in total. The van der Waals surface area contributed by atoms with Crippen molar-refractivity contribution in [2.24, 2.45) is 4.99 Å². The highest BCUT2D eigenvalue weighted by Crippen LogP contribution is 2.21. The summed E-state index contributed by atoms with van der Waals surface area (Å²) in [5.74, 6) is 1.50. The zero-order valence-electron chi connectivity index (χ0n) is 10.1. The molecule has 0 bridgehead atoms. The van der Waals surface area contributed by atoms with Crippen molar-refractivity contribution in [2.45, 2.75) is 30.7 Å². The van der Waals surface area contributed by atoms with Crippen LogP contribution in [0.4, 0.5) is 0 Å². The summed E-state index contributed by atoms with van der Waals surface area (Å²) < 4.78 is 0. The first-order valence-electron chi connectivity index (χ1n) is 5.95. The van der Waals surface area contributed by atoms with Crippen LogP contribution in [0.25, 0.3) is 0 Å². The number of amides is 1. The van der Waals surface area contributed by atoms with Crippen molar-refractivity contribution >= 4 is 35.1 Å². The van der Waals surface area contributed by atoms with Gasteiger partial charge in [-0.3, -0.25) is 9.79 Å². The van der Waals surface area contributed by atoms with Gasteiger partial charge < -0.3 is 5.32 Å². The van der Waals surface area contributed by atoms with E-state index in [1.807, 2.05) is 24.3 Å². The van der Waals surface area contributed by atoms with Crippen LogP contribution in [0, 0.1) is 0 Å². The molecule has 0 aliphatic carbocycles. The van der Waals surface area contributed by atoms with Crippen LogP contribution in [0.1, 0.15) is 19.8 Å². The monoisotopic (exact) mass is 282 g/mol. The van der Waals surface area contributed by atoms with E-state index in [-0.39, 0.29) is 11.9 Å². The van der Waals surface area contributed by atoms with Gasteiger partial charge in [0, 0.05) is 9.92 Å². The second-order valence-corrected chi connectivity index (χ2v) is 5.60. The number of thioether (sulfide) groups is 1. The van der Waals surface area contributed by atoms with Gasteiger partial charge in [0.25, 0.3) is 0 Å². The first kappa shape index (κ1) is 13.4. The number of amidine groups is 1. The third-order valence-electron chi connectivity index (χ3n) is 2.63. The van der Waals surface area contributed by atoms with Gasteiger partial charge in [0.15, 0.2) is 0 Å². The molecule has 2 rings (SSSR count). The summed E-state index contributed by atoms with van der Waals surface area (Å²) in [4.78, 5) is 17.1. The molecule has 0 radical (unpaired) electrons. The molecule has 0 saturated carbocycles. The largest absolute Gasteiger partial charge is 0.312 e. The number of hydrogen-bond acceptors (Lipinski definition) is 3. The van der Waals surface area contributed by atoms with E-state index in [0.717, 1.165) is 28.6 Å². The number of hydrogen-bond donors (Lipinski definition) is 1. The number of aliphatic imine (C=N–C) groups is 1. The average Bonchev–Trinajstić information content (AvgIpc) is 2.70. The summed E-state index contributed by atoms with van der Waals surface area (Å²) >= 11 is 7.47. The summed E-state index contributed by atoms with van der Waals surface area (Å²) in [7, 11) is 0. The molecule has 1 aromatic carbocycles. The predicted molar refractivity (Wildman–Crippen MR) is 76.4 cm³/mol. The summed E-state index contributed by atoms with van der Waals surface area (Å²) in [6.07, 6.45) is 1.79. The second-order valence-electron chi connectivity index (χ2n) is 4.11. The number of halogens is 1. The van der Waals surface area contributed by atoms with E-state index >= 15 is 0 Å². The lowest BCUT2D eigenvalue weighted by Crippen LogP contribution is -2.29. The van der Waals surface area contributed by atoms with Gasteiger partial charge in [0.1, 0.15) is 11.9 Å². The van der Waals surface area contributed by atoms with Crippen molar-refractivity contribution in [3.05, 3.63) is 29.3 Å². The molecule has 1 aromatic rings. The van der Waals surface area contributed by atoms with Crippen molar-refractivity contribution < 1.29 is 4.79 Å². The van der Waals surface area contributed by atoms with Crippen LogP contribution in [0.5, 0.6) is 0 Å². The standard InChI is InChI=1S/C13H15ClN2OS/c1-2-3-11-13(17)16-12(15-11)8-18-10-6-4-9(14)5-7-10/h4-7,11H,2-3,8H2,1H3,(H,15,16,17). The molecule has 0 saturated heterocycles. The van der Waals surface area contributed by atoms with Gasteiger partial charge in [-0.15, -0.1) is 11.8 Å². The molecular weight excluding hydrogens is 268 g/mol. The molecule has 18 heavy (non-hydrogen) atoms. The number of carbonyl (C=O) groups is 1. The lowest BCUT2D eigenvalue weighted by atomic mass is 10.2. The van der Waals surface area contributed by atoms with Crippen LogP contribution in [-0.2, 0) is 4.79 Å². The van der Waals surface area contributed by atoms with E-state index < -0.39 is 0 Å². The number of nitrogens with one attached hydrogen (secondary N) is 1. The van der Waals surface area contributed by atoms with Crippen molar-refractivity contribution in [3.8, 4) is 0 Å². The Morgan fingerprint density at radius 3 is 2.78 bits per heavy atom. The maximum atomic E-state index is 11.6. The van der Waals surface area contributed by atoms with Gasteiger partial charge in [0.2, 0.25) is 5.91 Å². The third kappa shape index (κ3) is 3.50. The average molecular weight is 283 g/mol. The van der Waals surface area contributed by atoms with Crippen LogP contribution < -0.4 is 5.32 Å². The minimum Gasteiger partial charge on any atom is -0.312 e. The lowest BCUT2D eigenvalue weighted by Gasteiger charge is -2.01. The number of carbonyl (C=O) groups excluding carboxylic acids is 1. The van der Waals surface area contributed by atoms with E-state index in [4.69, 9.17) is 11.6 Å². The Kier molecular flexibility index (Phi) is 4.66. The fraction of sp³-hybridized carbons (Fsp3) is 0.385. The molecule has 1 amide bonds. The molecule has 1 aliphatic heterocycles. The Bertz CT molecular complexity index is 459. The lowest BCUT2D eigenvalue weighted by molar-refractivity contribution is -0.120. The predicted octanol–water partition coefficient (Wildman–Crippen LogP) is 3.13. The zero-order chi connectivity index (χ0) is 13.0. The number of nitrogens with zero attached hydrogens (tertiary/aromatic N) is 1. The summed E-state index contributed by atoms with van der Waals surface area (Å²) in [5, 5.41) is 3.56. The zero-order valence-corrected chi connectivity index (χ0v) is 11.7. The normalized spacial score (nSPS) is 18.7. The summed E-state index contributed by atoms with van der Waals surface area (Å²) in [5.41, 5.74) is 0. The van der Waals surface area contributed by atoms with Crippen LogP contribution >= 0.6 is 23.4 Å². The van der Waals surface area contributed by atoms with Gasteiger partial charge >= 0.3 is 0 Å². The molecule has 1 unspecified atom stereocenters. The van der Waals surface area contributed by atoms with E-state index in [2.05, 4.69) is 17.2 Å². The quantitative estimate of drug-likeness (QED) is 0.843. The maximum Gasteiger partial charge on any atom is 0.250 e. The Morgan fingerprint density at radius 2 is 2.11 bits per heavy atom. The Morgan fingerprint density at radius 1 is 1.39 bits per heavy atom. The van der Waals surface area contributed by atoms with E-state index in [1.54, 1.807) is 11.8 Å². The Balaban J connectivity index is 1.89. The molecule has 5 heteroatoms. The Hall–Kier alpha value is -1.00. The van der Waals surface area contributed by atoms with Crippen molar-refractivity contribution in [2.75, 3.05) is 5.75 Å². The van der Waals surface area contributed by atoms with E-state index in [0.29, 0.717) is 5.75 Å². The van der Waals surface area contributed by atoms with Gasteiger partial charge in [-0.05, 0) is 30.7 Å². The molecule has 0 fully saturated rings. The molecule has 96 valence electrons. The second kappa shape index (κ2) is 6.25. The van der Waals surface area contributed by atoms with Crippen molar-refractivity contribution in [3.63, 3.8) is 0 Å². The van der Waals surface area contributed by atoms with Gasteiger partial charge in [-0.2, -0.15) is 0 Å². The van der Waals surface area contributed by atoms with Gasteiger partial charge in [0.05, 0.1) is 5.75 Å². The smallest absolute Gasteiger partial charge is 0.250 e. The first-order chi connectivity index (χ1) is 8.69. The summed E-state index contributed by atoms with van der Waals surface area (Å²) in [6, 6.07) is 7.47. The maximum absolute atomic E-state index is 11.6. The van der Waals surface area contributed by atoms with Crippen molar-refractivity contribution in [1.29, 1.82) is 0 Å². The van der Waals surface area contributed by atoms with E-state index in [1.165, 1.54) is 0 Å². The molecule has 1 atom stereocenters. The number of rotatable bonds is 5. The fourth-order valence-corrected chi connectivity index (χ4v) is 2.63. The highest BCUT2D eigenvalue weighted by molar-refractivity contribution is 8.00. The van der Waals surface area contributed by atoms with Gasteiger partial charge in [-0.1, -0.05) is 24.9 Å². The molecule has 1 aliphatic rings. The summed E-state index contributed by atoms with van der Waals surface area (Å²) in [6.45, 7) is 2.06. The number of benzene rings is 1. The SMILES string of the molecule is CCCC1N=C(CSc2ccc(Cl)cc2)NC1=O. The third-order valence-corrected chi connectivity index (χ3v) is 3.91. The van der Waals surface area contributed by atoms with E-state index in [9.17, 15) is 4.79 Å². The van der Waals surface area contributed by atoms with Crippen LogP contribution in [0.2, 0.25) is 5.02 Å². The molecular formula is C13H15ClN2OS.